The van der Waals surface area contributed by atoms with Gasteiger partial charge < -0.3 is 0 Å². The van der Waals surface area contributed by atoms with Crippen molar-refractivity contribution in [2.75, 3.05) is 0 Å². The molecule has 34 heavy (non-hydrogen) atoms. The van der Waals surface area contributed by atoms with Crippen molar-refractivity contribution in [2.24, 2.45) is 0 Å². The molecule has 2 N–H and O–H groups in total. The van der Waals surface area contributed by atoms with E-state index in [0.29, 0.717) is 11.1 Å². The van der Waals surface area contributed by atoms with Gasteiger partial charge in [-0.2, -0.15) is 0 Å². The van der Waals surface area contributed by atoms with E-state index in [1.54, 1.807) is 24.3 Å². The molecule has 178 valence electrons. The first kappa shape index (κ1) is 24.9. The minimum absolute atomic E-state index is 0.142. The zero-order chi connectivity index (χ0) is 24.9. The minimum Gasteiger partial charge on any atom is -0.258 e. The number of nitro benzene ring substituents is 2. The van der Waals surface area contributed by atoms with Crippen LogP contribution in [0.15, 0.2) is 82.6 Å². The van der Waals surface area contributed by atoms with Gasteiger partial charge in [-0.1, -0.05) is 36.4 Å². The highest BCUT2D eigenvalue weighted by Gasteiger charge is 2.19. The monoisotopic (exact) mass is 506 g/mol. The van der Waals surface area contributed by atoms with Crippen LogP contribution in [0, 0.1) is 20.2 Å². The SMILES string of the molecule is O=[N+]([O-])c1cccc(S(=O)(=O)NCc2cccc(CNS(=O)(=O)c3cccc([N+](=O)[O-])c3)c2)c1. The van der Waals surface area contributed by atoms with E-state index >= 15 is 0 Å². The van der Waals surface area contributed by atoms with Gasteiger partial charge in [0.05, 0.1) is 19.6 Å². The van der Waals surface area contributed by atoms with Gasteiger partial charge in [-0.25, -0.2) is 26.3 Å². The first-order valence-corrected chi connectivity index (χ1v) is 12.5. The van der Waals surface area contributed by atoms with Gasteiger partial charge in [-0.05, 0) is 23.3 Å². The van der Waals surface area contributed by atoms with Crippen LogP contribution in [0.4, 0.5) is 11.4 Å². The molecule has 0 aliphatic heterocycles. The molecule has 0 fully saturated rings. The lowest BCUT2D eigenvalue weighted by Gasteiger charge is -2.10. The smallest absolute Gasteiger partial charge is 0.258 e. The summed E-state index contributed by atoms with van der Waals surface area (Å²) in [5.41, 5.74) is 0.309. The minimum atomic E-state index is -4.03. The second-order valence-electron chi connectivity index (χ2n) is 6.98. The number of hydrogen-bond acceptors (Lipinski definition) is 8. The van der Waals surface area contributed by atoms with Gasteiger partial charge in [-0.15, -0.1) is 0 Å². The van der Waals surface area contributed by atoms with E-state index in [1.807, 2.05) is 0 Å². The second-order valence-corrected chi connectivity index (χ2v) is 10.5. The number of sulfonamides is 2. The Morgan fingerprint density at radius 1 is 0.618 bits per heavy atom. The maximum Gasteiger partial charge on any atom is 0.270 e. The Balaban J connectivity index is 1.68. The number of benzene rings is 3. The fourth-order valence-electron chi connectivity index (χ4n) is 2.90. The molecule has 0 aliphatic rings. The number of non-ortho nitro benzene ring substituents is 2. The molecule has 12 nitrogen and oxygen atoms in total. The first-order chi connectivity index (χ1) is 16.0. The van der Waals surface area contributed by atoms with Crippen molar-refractivity contribution in [3.8, 4) is 0 Å². The number of nitrogens with one attached hydrogen (secondary N) is 2. The lowest BCUT2D eigenvalue weighted by atomic mass is 10.1. The van der Waals surface area contributed by atoms with Crippen LogP contribution < -0.4 is 9.44 Å². The van der Waals surface area contributed by atoms with Crippen molar-refractivity contribution in [3.63, 3.8) is 0 Å². The van der Waals surface area contributed by atoms with Gasteiger partial charge in [0, 0.05) is 37.4 Å². The molecule has 0 saturated carbocycles. The van der Waals surface area contributed by atoms with Gasteiger partial charge >= 0.3 is 0 Å². The van der Waals surface area contributed by atoms with E-state index in [4.69, 9.17) is 0 Å². The van der Waals surface area contributed by atoms with E-state index in [0.717, 1.165) is 12.1 Å². The molecular formula is C20H18N4O8S2. The van der Waals surface area contributed by atoms with Gasteiger partial charge in [-0.3, -0.25) is 20.2 Å². The Hall–Kier alpha value is -3.72. The third-order valence-corrected chi connectivity index (χ3v) is 7.40. The van der Waals surface area contributed by atoms with E-state index in [2.05, 4.69) is 9.44 Å². The van der Waals surface area contributed by atoms with E-state index < -0.39 is 29.9 Å². The van der Waals surface area contributed by atoms with E-state index in [9.17, 15) is 37.1 Å². The number of nitro groups is 2. The molecule has 0 spiro atoms. The van der Waals surface area contributed by atoms with Crippen LogP contribution in [-0.2, 0) is 33.1 Å². The van der Waals surface area contributed by atoms with Crippen molar-refractivity contribution in [1.82, 2.24) is 9.44 Å². The van der Waals surface area contributed by atoms with Gasteiger partial charge in [0.1, 0.15) is 0 Å². The first-order valence-electron chi connectivity index (χ1n) is 9.54. The maximum atomic E-state index is 12.5. The van der Waals surface area contributed by atoms with Gasteiger partial charge in [0.25, 0.3) is 11.4 Å². The fourth-order valence-corrected chi connectivity index (χ4v) is 5.02. The summed E-state index contributed by atoms with van der Waals surface area (Å²) in [6.07, 6.45) is 0. The lowest BCUT2D eigenvalue weighted by Crippen LogP contribution is -2.24. The summed E-state index contributed by atoms with van der Waals surface area (Å²) in [5, 5.41) is 21.8. The van der Waals surface area contributed by atoms with E-state index in [-0.39, 0.29) is 34.3 Å². The number of nitrogens with zero attached hydrogens (tertiary/aromatic N) is 2. The molecule has 0 heterocycles. The quantitative estimate of drug-likeness (QED) is 0.311. The molecule has 0 atom stereocenters. The Bertz CT molecular complexity index is 1350. The average Bonchev–Trinajstić information content (AvgIpc) is 2.82. The lowest BCUT2D eigenvalue weighted by molar-refractivity contribution is -0.385. The molecule has 0 bridgehead atoms. The molecule has 14 heteroatoms. The highest BCUT2D eigenvalue weighted by atomic mass is 32.2. The summed E-state index contributed by atoms with van der Waals surface area (Å²) in [7, 11) is -8.06. The van der Waals surface area contributed by atoms with Crippen molar-refractivity contribution >= 4 is 31.4 Å². The molecular weight excluding hydrogens is 488 g/mol. The molecule has 3 aromatic rings. The summed E-state index contributed by atoms with van der Waals surface area (Å²) in [6.45, 7) is -0.285. The highest BCUT2D eigenvalue weighted by Crippen LogP contribution is 2.19. The average molecular weight is 507 g/mol. The molecule has 3 aromatic carbocycles. The van der Waals surface area contributed by atoms with E-state index in [1.165, 1.54) is 36.4 Å². The standard InChI is InChI=1S/C20H18N4O8S2/c25-23(26)17-6-2-8-19(11-17)33(29,30)21-13-15-4-1-5-16(10-15)14-22-34(31,32)20-9-3-7-18(12-20)24(27)28/h1-12,21-22H,13-14H2. The van der Waals surface area contributed by atoms with Crippen molar-refractivity contribution < 1.29 is 26.7 Å². The van der Waals surface area contributed by atoms with Crippen LogP contribution in [0.1, 0.15) is 11.1 Å². The Morgan fingerprint density at radius 3 is 1.38 bits per heavy atom. The normalized spacial score (nSPS) is 11.8. The number of hydrogen-bond donors (Lipinski definition) is 2. The zero-order valence-corrected chi connectivity index (χ0v) is 19.0. The van der Waals surface area contributed by atoms with Gasteiger partial charge in [0.2, 0.25) is 20.0 Å². The Labute approximate surface area is 194 Å². The summed E-state index contributed by atoms with van der Waals surface area (Å²) in [5.74, 6) is 0. The summed E-state index contributed by atoms with van der Waals surface area (Å²) < 4.78 is 54.6. The molecule has 3 rings (SSSR count). The van der Waals surface area contributed by atoms with Crippen LogP contribution in [0.3, 0.4) is 0 Å². The second kappa shape index (κ2) is 10.0. The largest absolute Gasteiger partial charge is 0.270 e. The molecule has 0 unspecified atom stereocenters. The molecule has 0 amide bonds. The maximum absolute atomic E-state index is 12.5. The molecule has 0 aliphatic carbocycles. The zero-order valence-electron chi connectivity index (χ0n) is 17.3. The van der Waals surface area contributed by atoms with Crippen LogP contribution >= 0.6 is 0 Å². The molecule has 0 saturated heterocycles. The van der Waals surface area contributed by atoms with Gasteiger partial charge in [0.15, 0.2) is 0 Å². The van der Waals surface area contributed by atoms with Crippen LogP contribution in [-0.4, -0.2) is 26.7 Å². The predicted molar refractivity (Wildman–Crippen MR) is 121 cm³/mol. The molecule has 0 aromatic heterocycles. The van der Waals surface area contributed by atoms with Crippen molar-refractivity contribution in [1.29, 1.82) is 0 Å². The van der Waals surface area contributed by atoms with Crippen molar-refractivity contribution in [2.45, 2.75) is 22.9 Å². The summed E-state index contributed by atoms with van der Waals surface area (Å²) in [6, 6.07) is 15.7. The third-order valence-electron chi connectivity index (χ3n) is 4.60. The topological polar surface area (TPSA) is 179 Å². The Morgan fingerprint density at radius 2 is 1.00 bits per heavy atom. The van der Waals surface area contributed by atoms with Crippen LogP contribution in [0.2, 0.25) is 0 Å². The Kier molecular flexibility index (Phi) is 7.36. The van der Waals surface area contributed by atoms with Crippen LogP contribution in [0.5, 0.6) is 0 Å². The van der Waals surface area contributed by atoms with Crippen LogP contribution in [0.25, 0.3) is 0 Å². The summed E-state index contributed by atoms with van der Waals surface area (Å²) >= 11 is 0. The predicted octanol–water partition coefficient (Wildman–Crippen LogP) is 2.46. The highest BCUT2D eigenvalue weighted by molar-refractivity contribution is 7.89. The summed E-state index contributed by atoms with van der Waals surface area (Å²) in [4.78, 5) is 19.8. The number of rotatable bonds is 10. The third kappa shape index (κ3) is 6.20. The van der Waals surface area contributed by atoms with Crippen molar-refractivity contribution in [3.05, 3.63) is 104 Å². The molecule has 0 radical (unpaired) electrons. The fraction of sp³-hybridized carbons (Fsp3) is 0.100.